The molecule has 0 N–H and O–H groups in total. The molecule has 5 nitrogen and oxygen atoms in total. The van der Waals surface area contributed by atoms with Crippen molar-refractivity contribution in [1.29, 1.82) is 0 Å². The second-order valence-electron chi connectivity index (χ2n) is 6.84. The molecule has 0 saturated heterocycles. The number of alkyl halides is 3. The van der Waals surface area contributed by atoms with Crippen molar-refractivity contribution >= 4 is 18.0 Å². The molecular weight excluding hydrogens is 425 g/mol. The van der Waals surface area contributed by atoms with Gasteiger partial charge in [0.05, 0.1) is 18.8 Å². The molecule has 2 rings (SSSR count). The van der Waals surface area contributed by atoms with Crippen LogP contribution in [0.1, 0.15) is 48.5 Å². The molecule has 0 aliphatic heterocycles. The Hall–Kier alpha value is -3.29. The Kier molecular flexibility index (Phi) is 9.78. The summed E-state index contributed by atoms with van der Waals surface area (Å²) in [6, 6.07) is 12.9. The Morgan fingerprint density at radius 3 is 2.19 bits per heavy atom. The predicted molar refractivity (Wildman–Crippen MR) is 114 cm³/mol. The summed E-state index contributed by atoms with van der Waals surface area (Å²) >= 11 is 0. The van der Waals surface area contributed by atoms with Crippen LogP contribution in [0.5, 0.6) is 11.5 Å². The molecule has 172 valence electrons. The van der Waals surface area contributed by atoms with E-state index in [1.54, 1.807) is 61.5 Å². The number of rotatable bonds is 11. The number of hydrogen-bond acceptors (Lipinski definition) is 5. The molecule has 0 fully saturated rings. The molecule has 2 aromatic rings. The molecule has 0 spiro atoms. The molecule has 0 saturated carbocycles. The maximum absolute atomic E-state index is 12.3. The zero-order chi connectivity index (χ0) is 23.4. The first-order valence-corrected chi connectivity index (χ1v) is 10.2. The second-order valence-corrected chi connectivity index (χ2v) is 6.84. The molecular formula is C24H25F3O5. The van der Waals surface area contributed by atoms with Gasteiger partial charge < -0.3 is 14.2 Å². The molecule has 32 heavy (non-hydrogen) atoms. The predicted octanol–water partition coefficient (Wildman–Crippen LogP) is 5.98. The highest BCUT2D eigenvalue weighted by Crippen LogP contribution is 2.23. The smallest absolute Gasteiger partial charge is 0.389 e. The van der Waals surface area contributed by atoms with Crippen LogP contribution in [0.4, 0.5) is 13.2 Å². The first-order valence-electron chi connectivity index (χ1n) is 10.2. The van der Waals surface area contributed by atoms with Crippen LogP contribution in [0.15, 0.2) is 54.6 Å². The van der Waals surface area contributed by atoms with Crippen molar-refractivity contribution in [3.63, 3.8) is 0 Å². The van der Waals surface area contributed by atoms with Crippen molar-refractivity contribution in [1.82, 2.24) is 0 Å². The average Bonchev–Trinajstić information content (AvgIpc) is 2.75. The number of carbonyl (C=O) groups excluding carboxylic acids is 2. The van der Waals surface area contributed by atoms with E-state index < -0.39 is 24.5 Å². The fraction of sp³-hybridized carbons (Fsp3) is 0.333. The van der Waals surface area contributed by atoms with E-state index in [0.29, 0.717) is 43.1 Å². The minimum Gasteiger partial charge on any atom is -0.494 e. The van der Waals surface area contributed by atoms with Crippen LogP contribution in [-0.4, -0.2) is 31.3 Å². The van der Waals surface area contributed by atoms with Crippen LogP contribution in [0.25, 0.3) is 6.08 Å². The number of hydrogen-bond donors (Lipinski definition) is 0. The molecule has 8 heteroatoms. The fourth-order valence-electron chi connectivity index (χ4n) is 2.65. The summed E-state index contributed by atoms with van der Waals surface area (Å²) in [5.74, 6) is -0.104. The number of halogens is 3. The lowest BCUT2D eigenvalue weighted by Gasteiger charge is -2.08. The lowest BCUT2D eigenvalue weighted by Crippen LogP contribution is -2.08. The van der Waals surface area contributed by atoms with Gasteiger partial charge in [-0.05, 0) is 74.2 Å². The van der Waals surface area contributed by atoms with Crippen LogP contribution in [0.2, 0.25) is 0 Å². The topological polar surface area (TPSA) is 61.8 Å². The van der Waals surface area contributed by atoms with Gasteiger partial charge in [0.1, 0.15) is 11.5 Å². The summed E-state index contributed by atoms with van der Waals surface area (Å²) in [6.07, 6.45) is -0.951. The van der Waals surface area contributed by atoms with Gasteiger partial charge in [0.25, 0.3) is 0 Å². The Morgan fingerprint density at radius 1 is 0.906 bits per heavy atom. The number of carbonyl (C=O) groups is 2. The minimum atomic E-state index is -4.12. The Labute approximate surface area is 184 Å². The van der Waals surface area contributed by atoms with E-state index in [2.05, 4.69) is 0 Å². The zero-order valence-electron chi connectivity index (χ0n) is 17.7. The average molecular weight is 450 g/mol. The number of esters is 2. The van der Waals surface area contributed by atoms with E-state index in [1.165, 1.54) is 6.08 Å². The molecule has 0 aromatic heterocycles. The maximum Gasteiger partial charge on any atom is 0.389 e. The van der Waals surface area contributed by atoms with Gasteiger partial charge in [0.15, 0.2) is 0 Å². The normalized spacial score (nSPS) is 11.4. The van der Waals surface area contributed by atoms with Gasteiger partial charge in [-0.15, -0.1) is 0 Å². The van der Waals surface area contributed by atoms with E-state index in [0.717, 1.165) is 5.56 Å². The van der Waals surface area contributed by atoms with Crippen LogP contribution in [-0.2, 0) is 9.53 Å². The van der Waals surface area contributed by atoms with Crippen molar-refractivity contribution in [2.24, 2.45) is 0 Å². The van der Waals surface area contributed by atoms with E-state index in [4.69, 9.17) is 14.2 Å². The number of unbranched alkanes of at least 4 members (excludes halogenated alkanes) is 2. The van der Waals surface area contributed by atoms with Gasteiger partial charge in [-0.2, -0.15) is 13.2 Å². The monoisotopic (exact) mass is 450 g/mol. The lowest BCUT2D eigenvalue weighted by molar-refractivity contribution is -0.137. The van der Waals surface area contributed by atoms with Gasteiger partial charge in [-0.1, -0.05) is 12.1 Å². The molecule has 0 aliphatic rings. The largest absolute Gasteiger partial charge is 0.494 e. The first-order chi connectivity index (χ1) is 15.3. The SMILES string of the molecule is CCOC(=O)C=Cc1ccc(OC(=O)c2ccc(OCCCCCC(F)(F)F)cc2)cc1. The maximum atomic E-state index is 12.3. The first kappa shape index (κ1) is 25.0. The highest BCUT2D eigenvalue weighted by Gasteiger charge is 2.25. The lowest BCUT2D eigenvalue weighted by atomic mass is 10.2. The second kappa shape index (κ2) is 12.5. The number of benzene rings is 2. The van der Waals surface area contributed by atoms with Crippen molar-refractivity contribution in [3.05, 3.63) is 65.7 Å². The van der Waals surface area contributed by atoms with Crippen LogP contribution in [0, 0.1) is 0 Å². The van der Waals surface area contributed by atoms with Crippen molar-refractivity contribution in [2.45, 2.75) is 38.8 Å². The molecule has 2 aromatic carbocycles. The van der Waals surface area contributed by atoms with E-state index in [1.807, 2.05) is 0 Å². The summed E-state index contributed by atoms with van der Waals surface area (Å²) in [7, 11) is 0. The van der Waals surface area contributed by atoms with Crippen LogP contribution < -0.4 is 9.47 Å². The molecule has 0 unspecified atom stereocenters. The highest BCUT2D eigenvalue weighted by atomic mass is 19.4. The quantitative estimate of drug-likeness (QED) is 0.182. The van der Waals surface area contributed by atoms with Gasteiger partial charge in [-0.25, -0.2) is 9.59 Å². The molecule has 0 bridgehead atoms. The van der Waals surface area contributed by atoms with E-state index in [9.17, 15) is 22.8 Å². The third kappa shape index (κ3) is 9.68. The Balaban J connectivity index is 1.77. The summed E-state index contributed by atoms with van der Waals surface area (Å²) in [4.78, 5) is 23.6. The van der Waals surface area contributed by atoms with Crippen molar-refractivity contribution in [3.8, 4) is 11.5 Å². The molecule has 0 radical (unpaired) electrons. The highest BCUT2D eigenvalue weighted by molar-refractivity contribution is 5.91. The van der Waals surface area contributed by atoms with E-state index >= 15 is 0 Å². The summed E-state index contributed by atoms with van der Waals surface area (Å²) in [5, 5.41) is 0. The summed E-state index contributed by atoms with van der Waals surface area (Å²) in [6.45, 7) is 2.33. The Bertz CT molecular complexity index is 887. The number of ether oxygens (including phenoxy) is 3. The molecule has 0 aliphatic carbocycles. The Morgan fingerprint density at radius 2 is 1.56 bits per heavy atom. The molecule has 0 atom stereocenters. The third-order valence-electron chi connectivity index (χ3n) is 4.25. The van der Waals surface area contributed by atoms with Crippen molar-refractivity contribution in [2.75, 3.05) is 13.2 Å². The standard InChI is InChI=1S/C24H25F3O5/c1-2-30-22(28)15-8-18-6-11-21(12-7-18)32-23(29)19-9-13-20(14-10-19)31-17-5-3-4-16-24(25,26)27/h6-15H,2-5,16-17H2,1H3. The molecule has 0 amide bonds. The van der Waals surface area contributed by atoms with Gasteiger partial charge in [-0.3, -0.25) is 0 Å². The molecule has 0 heterocycles. The summed E-state index contributed by atoms with van der Waals surface area (Å²) in [5.41, 5.74) is 1.08. The van der Waals surface area contributed by atoms with Gasteiger partial charge >= 0.3 is 18.1 Å². The van der Waals surface area contributed by atoms with Gasteiger partial charge in [0.2, 0.25) is 0 Å². The van der Waals surface area contributed by atoms with Crippen LogP contribution in [0.3, 0.4) is 0 Å². The van der Waals surface area contributed by atoms with Gasteiger partial charge in [0, 0.05) is 12.5 Å². The van der Waals surface area contributed by atoms with Crippen LogP contribution >= 0.6 is 0 Å². The minimum absolute atomic E-state index is 0.0836. The van der Waals surface area contributed by atoms with E-state index in [-0.39, 0.29) is 6.42 Å². The third-order valence-corrected chi connectivity index (χ3v) is 4.25. The summed E-state index contributed by atoms with van der Waals surface area (Å²) < 4.78 is 51.9. The van der Waals surface area contributed by atoms with Crippen molar-refractivity contribution < 1.29 is 37.0 Å². The zero-order valence-corrected chi connectivity index (χ0v) is 17.7. The fourth-order valence-corrected chi connectivity index (χ4v) is 2.65.